The number of ether oxygens (including phenoxy) is 1. The van der Waals surface area contributed by atoms with E-state index in [0.717, 1.165) is 11.6 Å². The third-order valence-corrected chi connectivity index (χ3v) is 2.91. The molecule has 0 fully saturated rings. The van der Waals surface area contributed by atoms with E-state index in [-0.39, 0.29) is 0 Å². The normalized spacial score (nSPS) is 10.5. The summed E-state index contributed by atoms with van der Waals surface area (Å²) in [5, 5.41) is 13.0. The van der Waals surface area contributed by atoms with Crippen molar-refractivity contribution in [3.63, 3.8) is 0 Å². The van der Waals surface area contributed by atoms with Crippen LogP contribution in [-0.4, -0.2) is 20.0 Å². The van der Waals surface area contributed by atoms with Crippen molar-refractivity contribution in [2.24, 2.45) is 0 Å². The van der Waals surface area contributed by atoms with Crippen molar-refractivity contribution in [3.05, 3.63) is 17.4 Å². The van der Waals surface area contributed by atoms with Crippen LogP contribution >= 0.6 is 22.9 Å². The van der Waals surface area contributed by atoms with Gasteiger partial charge in [0.25, 0.3) is 5.19 Å². The molecule has 2 aromatic rings. The van der Waals surface area contributed by atoms with Gasteiger partial charge in [0.2, 0.25) is 0 Å². The molecule has 0 bridgehead atoms. The van der Waals surface area contributed by atoms with Gasteiger partial charge in [0.15, 0.2) is 5.75 Å². The van der Waals surface area contributed by atoms with Gasteiger partial charge >= 0.3 is 0 Å². The maximum Gasteiger partial charge on any atom is 0.299 e. The Balaban J connectivity index is 2.07. The molecule has 0 amide bonds. The highest BCUT2D eigenvalue weighted by Gasteiger charge is 2.06. The molecule has 2 rings (SSSR count). The molecule has 0 aromatic carbocycles. The Morgan fingerprint density at radius 2 is 2.40 bits per heavy atom. The molecule has 0 radical (unpaired) electrons. The molecule has 15 heavy (non-hydrogen) atoms. The summed E-state index contributed by atoms with van der Waals surface area (Å²) >= 11 is 6.94. The highest BCUT2D eigenvalue weighted by Crippen LogP contribution is 2.24. The van der Waals surface area contributed by atoms with Crippen molar-refractivity contribution in [1.82, 2.24) is 20.0 Å². The fourth-order valence-corrected chi connectivity index (χ4v) is 1.78. The summed E-state index contributed by atoms with van der Waals surface area (Å²) in [4.78, 5) is 0. The first-order valence-corrected chi connectivity index (χ1v) is 5.75. The summed E-state index contributed by atoms with van der Waals surface area (Å²) in [7, 11) is 0. The predicted octanol–water partition coefficient (Wildman–Crippen LogP) is 2.29. The van der Waals surface area contributed by atoms with Gasteiger partial charge in [-0.3, -0.25) is 4.68 Å². The van der Waals surface area contributed by atoms with Gasteiger partial charge in [-0.1, -0.05) is 16.4 Å². The summed E-state index contributed by atoms with van der Waals surface area (Å²) in [6.45, 7) is 2.82. The molecule has 0 saturated heterocycles. The minimum Gasteiger partial charge on any atom is -0.426 e. The van der Waals surface area contributed by atoms with E-state index in [9.17, 15) is 0 Å². The summed E-state index contributed by atoms with van der Waals surface area (Å²) in [5.41, 5.74) is 0. The second kappa shape index (κ2) is 4.59. The molecule has 0 unspecified atom stereocenters. The van der Waals surface area contributed by atoms with E-state index < -0.39 is 0 Å². The highest BCUT2D eigenvalue weighted by atomic mass is 35.5. The molecule has 0 N–H and O–H groups in total. The first kappa shape index (κ1) is 10.4. The van der Waals surface area contributed by atoms with Gasteiger partial charge in [-0.15, -0.1) is 16.7 Å². The second-order valence-corrected chi connectivity index (χ2v) is 4.02. The first-order chi connectivity index (χ1) is 7.31. The van der Waals surface area contributed by atoms with Crippen LogP contribution in [0.15, 0.2) is 12.4 Å². The van der Waals surface area contributed by atoms with Crippen LogP contribution in [0.1, 0.15) is 11.9 Å². The highest BCUT2D eigenvalue weighted by molar-refractivity contribution is 7.13. The smallest absolute Gasteiger partial charge is 0.299 e. The fourth-order valence-electron chi connectivity index (χ4n) is 1.00. The molecule has 0 aliphatic carbocycles. The molecule has 5 nitrogen and oxygen atoms in total. The maximum absolute atomic E-state index is 5.61. The molecule has 2 aromatic heterocycles. The zero-order valence-corrected chi connectivity index (χ0v) is 9.62. The van der Waals surface area contributed by atoms with Crippen molar-refractivity contribution < 1.29 is 4.74 Å². The Kier molecular flexibility index (Phi) is 3.17. The number of hydrogen-bond donors (Lipinski definition) is 0. The number of aromatic nitrogens is 4. The van der Waals surface area contributed by atoms with Gasteiger partial charge in [-0.25, -0.2) is 0 Å². The molecule has 0 aliphatic rings. The van der Waals surface area contributed by atoms with Gasteiger partial charge in [0.05, 0.1) is 18.3 Å². The minimum atomic E-state index is 0.356. The third-order valence-electron chi connectivity index (χ3n) is 1.70. The molecule has 0 atom stereocenters. The number of rotatable bonds is 4. The van der Waals surface area contributed by atoms with E-state index in [1.54, 1.807) is 10.9 Å². The topological polar surface area (TPSA) is 52.8 Å². The summed E-state index contributed by atoms with van der Waals surface area (Å²) < 4.78 is 7.22. The van der Waals surface area contributed by atoms with Gasteiger partial charge in [-0.05, 0) is 6.92 Å². The molecule has 0 aliphatic heterocycles. The molecule has 0 spiro atoms. The lowest BCUT2D eigenvalue weighted by atomic mass is 10.6. The fraction of sp³-hybridized carbons (Fsp3) is 0.375. The van der Waals surface area contributed by atoms with Crippen molar-refractivity contribution in [2.45, 2.75) is 19.3 Å². The van der Waals surface area contributed by atoms with E-state index >= 15 is 0 Å². The Morgan fingerprint density at radius 3 is 3.00 bits per heavy atom. The third kappa shape index (κ3) is 2.45. The lowest BCUT2D eigenvalue weighted by Gasteiger charge is -1.94. The van der Waals surface area contributed by atoms with Crippen LogP contribution in [0.2, 0.25) is 0 Å². The molecule has 80 valence electrons. The Labute approximate surface area is 95.7 Å². The molecular formula is C8H9ClN4OS. The van der Waals surface area contributed by atoms with Crippen LogP contribution in [0.5, 0.6) is 10.9 Å². The van der Waals surface area contributed by atoms with Crippen molar-refractivity contribution in [1.29, 1.82) is 0 Å². The molecular weight excluding hydrogens is 236 g/mol. The maximum atomic E-state index is 5.61. The number of aryl methyl sites for hydroxylation is 1. The van der Waals surface area contributed by atoms with Gasteiger partial charge in [0, 0.05) is 6.54 Å². The quantitative estimate of drug-likeness (QED) is 0.775. The zero-order valence-electron chi connectivity index (χ0n) is 8.05. The Hall–Kier alpha value is -1.14. The predicted molar refractivity (Wildman–Crippen MR) is 57.4 cm³/mol. The Bertz CT molecular complexity index is 401. The monoisotopic (exact) mass is 244 g/mol. The lowest BCUT2D eigenvalue weighted by molar-refractivity contribution is 0.472. The summed E-state index contributed by atoms with van der Waals surface area (Å²) in [6, 6.07) is 0. The number of halogens is 1. The largest absolute Gasteiger partial charge is 0.426 e. The van der Waals surface area contributed by atoms with Crippen molar-refractivity contribution in [3.8, 4) is 10.9 Å². The lowest BCUT2D eigenvalue weighted by Crippen LogP contribution is -1.92. The van der Waals surface area contributed by atoms with Gasteiger partial charge in [0.1, 0.15) is 5.01 Å². The van der Waals surface area contributed by atoms with E-state index in [2.05, 4.69) is 15.3 Å². The second-order valence-electron chi connectivity index (χ2n) is 2.73. The van der Waals surface area contributed by atoms with E-state index in [0.29, 0.717) is 16.8 Å². The SMILES string of the molecule is CCn1cc(Oc2nnc(CCl)s2)cn1. The summed E-state index contributed by atoms with van der Waals surface area (Å²) in [6.07, 6.45) is 3.45. The van der Waals surface area contributed by atoms with Crippen LogP contribution in [0, 0.1) is 0 Å². The number of hydrogen-bond acceptors (Lipinski definition) is 5. The van der Waals surface area contributed by atoms with Gasteiger partial charge in [-0.2, -0.15) is 5.10 Å². The van der Waals surface area contributed by atoms with Crippen LogP contribution in [0.25, 0.3) is 0 Å². The van der Waals surface area contributed by atoms with Crippen LogP contribution in [0.3, 0.4) is 0 Å². The minimum absolute atomic E-state index is 0.356. The Morgan fingerprint density at radius 1 is 1.53 bits per heavy atom. The van der Waals surface area contributed by atoms with E-state index in [4.69, 9.17) is 16.3 Å². The molecule has 0 saturated carbocycles. The number of alkyl halides is 1. The summed E-state index contributed by atoms with van der Waals surface area (Å²) in [5.74, 6) is 1.02. The molecule has 7 heteroatoms. The van der Waals surface area contributed by atoms with E-state index in [1.807, 2.05) is 13.1 Å². The number of nitrogens with zero attached hydrogens (tertiary/aromatic N) is 4. The molecule has 2 heterocycles. The van der Waals surface area contributed by atoms with Crippen molar-refractivity contribution >= 4 is 22.9 Å². The van der Waals surface area contributed by atoms with Crippen LogP contribution < -0.4 is 4.74 Å². The average Bonchev–Trinajstić information content (AvgIpc) is 2.87. The van der Waals surface area contributed by atoms with Crippen molar-refractivity contribution in [2.75, 3.05) is 0 Å². The standard InChI is InChI=1S/C8H9ClN4OS/c1-2-13-5-6(4-10-13)14-8-12-11-7(3-9)15-8/h4-5H,2-3H2,1H3. The van der Waals surface area contributed by atoms with Gasteiger partial charge < -0.3 is 4.74 Å². The van der Waals surface area contributed by atoms with Crippen LogP contribution in [0.4, 0.5) is 0 Å². The zero-order chi connectivity index (χ0) is 10.7. The van der Waals surface area contributed by atoms with Crippen LogP contribution in [-0.2, 0) is 12.4 Å². The first-order valence-electron chi connectivity index (χ1n) is 4.40. The van der Waals surface area contributed by atoms with E-state index in [1.165, 1.54) is 11.3 Å². The average molecular weight is 245 g/mol.